The van der Waals surface area contributed by atoms with E-state index in [1.165, 1.54) is 23.0 Å². The standard InChI is InChI=1S/C24H23N5O4S.Na.H/c1-15(2)29-14-19(7-9-22(29)30)34(32,33)28-24(31)27-23-20-5-3-4-16(20)6-8-21(23)17-10-11-26-18(12-17)13-25;;/h6-12,14-15H,3-5H2,1-2H3,(H2,27,28,31);;. The summed E-state index contributed by atoms with van der Waals surface area (Å²) >= 11 is 0. The Kier molecular flexibility index (Phi) is 8.18. The van der Waals surface area contributed by atoms with Crippen molar-refractivity contribution in [3.63, 3.8) is 0 Å². The molecule has 35 heavy (non-hydrogen) atoms. The number of urea groups is 1. The molecule has 2 aromatic heterocycles. The fraction of sp³-hybridized carbons (Fsp3) is 0.250. The van der Waals surface area contributed by atoms with Gasteiger partial charge in [0.2, 0.25) is 0 Å². The van der Waals surface area contributed by atoms with Crippen molar-refractivity contribution in [3.05, 3.63) is 76.0 Å². The van der Waals surface area contributed by atoms with Crippen LogP contribution in [0.25, 0.3) is 11.1 Å². The van der Waals surface area contributed by atoms with Gasteiger partial charge in [0.05, 0.1) is 5.69 Å². The summed E-state index contributed by atoms with van der Waals surface area (Å²) in [4.78, 5) is 28.6. The van der Waals surface area contributed by atoms with Gasteiger partial charge in [0, 0.05) is 30.1 Å². The summed E-state index contributed by atoms with van der Waals surface area (Å²) < 4.78 is 29.0. The second-order valence-corrected chi connectivity index (χ2v) is 9.97. The number of benzene rings is 1. The van der Waals surface area contributed by atoms with Crippen LogP contribution in [0.1, 0.15) is 43.1 Å². The average molecular weight is 502 g/mol. The van der Waals surface area contributed by atoms with E-state index in [0.29, 0.717) is 16.8 Å². The van der Waals surface area contributed by atoms with E-state index in [1.807, 2.05) is 22.9 Å². The summed E-state index contributed by atoms with van der Waals surface area (Å²) in [7, 11) is -4.23. The topological polar surface area (TPSA) is 134 Å². The maximum absolute atomic E-state index is 12.9. The number of hydrogen-bond acceptors (Lipinski definition) is 6. The van der Waals surface area contributed by atoms with E-state index in [0.717, 1.165) is 36.5 Å². The van der Waals surface area contributed by atoms with Gasteiger partial charge in [-0.3, -0.25) is 4.79 Å². The fourth-order valence-electron chi connectivity index (χ4n) is 4.07. The van der Waals surface area contributed by atoms with Crippen molar-refractivity contribution in [1.82, 2.24) is 14.3 Å². The number of anilines is 1. The Labute approximate surface area is 225 Å². The average Bonchev–Trinajstić information content (AvgIpc) is 3.28. The van der Waals surface area contributed by atoms with Gasteiger partial charge in [-0.25, -0.2) is 22.9 Å². The van der Waals surface area contributed by atoms with Gasteiger partial charge in [-0.15, -0.1) is 0 Å². The molecule has 1 aliphatic carbocycles. The van der Waals surface area contributed by atoms with Gasteiger partial charge in [-0.2, -0.15) is 5.26 Å². The van der Waals surface area contributed by atoms with Crippen molar-refractivity contribution in [2.24, 2.45) is 0 Å². The third-order valence-corrected chi connectivity index (χ3v) is 7.03. The second kappa shape index (κ2) is 10.7. The van der Waals surface area contributed by atoms with E-state index in [2.05, 4.69) is 10.3 Å². The van der Waals surface area contributed by atoms with Crippen LogP contribution in [0.2, 0.25) is 0 Å². The zero-order valence-electron chi connectivity index (χ0n) is 18.7. The molecule has 0 aliphatic heterocycles. The molecule has 4 rings (SSSR count). The number of pyridine rings is 2. The Morgan fingerprint density at radius 3 is 2.66 bits per heavy atom. The minimum atomic E-state index is -4.23. The third-order valence-electron chi connectivity index (χ3n) is 5.71. The van der Waals surface area contributed by atoms with Gasteiger partial charge in [-0.1, -0.05) is 12.1 Å². The SMILES string of the molecule is CC(C)n1cc(S(=O)(=O)NC(=O)Nc2c(-c3ccnc(C#N)c3)ccc3c2CCC3)ccc1=O.[NaH]. The Balaban J connectivity index is 0.00000342. The van der Waals surface area contributed by atoms with Crippen molar-refractivity contribution < 1.29 is 13.2 Å². The Morgan fingerprint density at radius 2 is 1.94 bits per heavy atom. The zero-order valence-corrected chi connectivity index (χ0v) is 19.5. The first-order chi connectivity index (χ1) is 16.2. The van der Waals surface area contributed by atoms with E-state index in [-0.39, 0.29) is 51.7 Å². The van der Waals surface area contributed by atoms with Crippen molar-refractivity contribution >= 4 is 51.3 Å². The monoisotopic (exact) mass is 501 g/mol. The number of sulfonamides is 1. The van der Waals surface area contributed by atoms with Crippen LogP contribution in [-0.4, -0.2) is 53.6 Å². The van der Waals surface area contributed by atoms with Gasteiger partial charge >= 0.3 is 35.6 Å². The number of carbonyl (C=O) groups is 1. The molecule has 1 aromatic carbocycles. The normalized spacial score (nSPS) is 12.4. The number of fused-ring (bicyclic) bond motifs is 1. The van der Waals surface area contributed by atoms with Crippen LogP contribution in [0.3, 0.4) is 0 Å². The zero-order chi connectivity index (χ0) is 24.5. The maximum atomic E-state index is 12.9. The first-order valence-electron chi connectivity index (χ1n) is 10.8. The third kappa shape index (κ3) is 5.65. The molecule has 0 atom stereocenters. The molecule has 2 amide bonds. The Bertz CT molecular complexity index is 1490. The number of rotatable bonds is 5. The molecule has 3 aromatic rings. The predicted molar refractivity (Wildman–Crippen MR) is 134 cm³/mol. The summed E-state index contributed by atoms with van der Waals surface area (Å²) in [5, 5.41) is 11.9. The number of aromatic nitrogens is 2. The number of aryl methyl sites for hydroxylation is 1. The summed E-state index contributed by atoms with van der Waals surface area (Å²) in [5.74, 6) is 0. The molecule has 2 N–H and O–H groups in total. The van der Waals surface area contributed by atoms with Crippen LogP contribution in [0.5, 0.6) is 0 Å². The van der Waals surface area contributed by atoms with Crippen LogP contribution < -0.4 is 15.6 Å². The van der Waals surface area contributed by atoms with Gasteiger partial charge < -0.3 is 9.88 Å². The van der Waals surface area contributed by atoms with E-state index in [1.54, 1.807) is 26.0 Å². The summed E-state index contributed by atoms with van der Waals surface area (Å²) in [5.41, 5.74) is 3.77. The van der Waals surface area contributed by atoms with E-state index in [4.69, 9.17) is 0 Å². The first-order valence-corrected chi connectivity index (χ1v) is 12.2. The van der Waals surface area contributed by atoms with Crippen LogP contribution in [0, 0.1) is 11.3 Å². The molecule has 0 saturated carbocycles. The van der Waals surface area contributed by atoms with Crippen LogP contribution in [0.15, 0.2) is 58.5 Å². The predicted octanol–water partition coefficient (Wildman–Crippen LogP) is 2.71. The first kappa shape index (κ1) is 26.6. The number of amides is 2. The summed E-state index contributed by atoms with van der Waals surface area (Å²) in [6, 6.07) is 10.3. The van der Waals surface area contributed by atoms with Crippen LogP contribution in [0.4, 0.5) is 10.5 Å². The molecule has 2 heterocycles. The molecule has 0 bridgehead atoms. The minimum absolute atomic E-state index is 0. The number of carbonyl (C=O) groups excluding carboxylic acids is 1. The quantitative estimate of drug-likeness (QED) is 0.517. The molecule has 0 fully saturated rings. The van der Waals surface area contributed by atoms with Gasteiger partial charge in [0.15, 0.2) is 0 Å². The van der Waals surface area contributed by atoms with Crippen molar-refractivity contribution in [2.75, 3.05) is 5.32 Å². The molecule has 0 unspecified atom stereocenters. The van der Waals surface area contributed by atoms with Gasteiger partial charge in [0.1, 0.15) is 16.7 Å². The van der Waals surface area contributed by atoms with Crippen molar-refractivity contribution in [1.29, 1.82) is 5.26 Å². The Morgan fingerprint density at radius 1 is 1.17 bits per heavy atom. The molecule has 1 aliphatic rings. The van der Waals surface area contributed by atoms with Crippen LogP contribution in [-0.2, 0) is 22.9 Å². The van der Waals surface area contributed by atoms with Gasteiger partial charge in [0.25, 0.3) is 15.6 Å². The fourth-order valence-corrected chi connectivity index (χ4v) is 4.99. The molecular formula is C24H24N5NaO4S. The second-order valence-electron chi connectivity index (χ2n) is 8.28. The number of nitrogens with one attached hydrogen (secondary N) is 2. The van der Waals surface area contributed by atoms with E-state index in [9.17, 15) is 23.3 Å². The van der Waals surface area contributed by atoms with Crippen molar-refractivity contribution in [2.45, 2.75) is 44.0 Å². The van der Waals surface area contributed by atoms with Crippen molar-refractivity contribution in [3.8, 4) is 17.2 Å². The molecule has 11 heteroatoms. The molecule has 0 radical (unpaired) electrons. The van der Waals surface area contributed by atoms with E-state index < -0.39 is 16.1 Å². The molecule has 0 saturated heterocycles. The number of nitriles is 1. The number of hydrogen-bond donors (Lipinski definition) is 2. The Hall–Kier alpha value is -2.97. The molecule has 9 nitrogen and oxygen atoms in total. The summed E-state index contributed by atoms with van der Waals surface area (Å²) in [6.45, 7) is 3.51. The van der Waals surface area contributed by atoms with E-state index >= 15 is 0 Å². The molecule has 0 spiro atoms. The molecule has 176 valence electrons. The van der Waals surface area contributed by atoms with Gasteiger partial charge in [-0.05, 0) is 68.0 Å². The summed E-state index contributed by atoms with van der Waals surface area (Å²) in [6.07, 6.45) is 5.25. The van der Waals surface area contributed by atoms with Crippen LogP contribution >= 0.6 is 0 Å². The molecular weight excluding hydrogens is 477 g/mol. The number of nitrogens with zero attached hydrogens (tertiary/aromatic N) is 3.